The fourth-order valence-electron chi connectivity index (χ4n) is 2.30. The van der Waals surface area contributed by atoms with Crippen molar-refractivity contribution < 1.29 is 19.4 Å². The summed E-state index contributed by atoms with van der Waals surface area (Å²) in [7, 11) is -0.777. The monoisotopic (exact) mass is 318 g/mol. The molecule has 0 saturated carbocycles. The molecule has 0 aliphatic rings. The molecule has 2 N–H and O–H groups in total. The first-order valence-electron chi connectivity index (χ1n) is 7.30. The Morgan fingerprint density at radius 1 is 0.818 bits per heavy atom. The van der Waals surface area contributed by atoms with Crippen molar-refractivity contribution in [2.24, 2.45) is 0 Å². The summed E-state index contributed by atoms with van der Waals surface area (Å²) in [4.78, 5) is 0. The van der Waals surface area contributed by atoms with E-state index in [0.717, 1.165) is 11.1 Å². The van der Waals surface area contributed by atoms with Crippen molar-refractivity contribution in [3.05, 3.63) is 71.8 Å². The minimum absolute atomic E-state index is 0.362. The number of methoxy groups -OCH3 is 1. The van der Waals surface area contributed by atoms with Gasteiger partial charge in [0.25, 0.3) is 0 Å². The van der Waals surface area contributed by atoms with Crippen LogP contribution in [-0.2, 0) is 9.16 Å². The van der Waals surface area contributed by atoms with E-state index in [-0.39, 0.29) is 0 Å². The van der Waals surface area contributed by atoms with Gasteiger partial charge in [-0.2, -0.15) is 0 Å². The molecular formula is C17H22O4Si. The molecule has 0 aliphatic carbocycles. The molecule has 0 heterocycles. The molecule has 5 heteroatoms. The number of hydrogen-bond donors (Lipinski definition) is 2. The molecule has 0 amide bonds. The lowest BCUT2D eigenvalue weighted by molar-refractivity contribution is 0.113. The summed E-state index contributed by atoms with van der Waals surface area (Å²) >= 11 is 0. The highest BCUT2D eigenvalue weighted by Gasteiger charge is 2.32. The number of hydrogen-bond acceptors (Lipinski definition) is 4. The second kappa shape index (κ2) is 8.82. The van der Waals surface area contributed by atoms with Crippen LogP contribution in [0.15, 0.2) is 60.7 Å². The van der Waals surface area contributed by atoms with Crippen LogP contribution in [0, 0.1) is 0 Å². The van der Waals surface area contributed by atoms with Crippen LogP contribution in [0.3, 0.4) is 0 Å². The molecule has 2 aromatic carbocycles. The molecule has 0 saturated heterocycles. The van der Waals surface area contributed by atoms with Crippen molar-refractivity contribution >= 4 is 9.04 Å². The van der Waals surface area contributed by atoms with Crippen molar-refractivity contribution in [3.8, 4) is 0 Å². The molecule has 2 rings (SSSR count). The lowest BCUT2D eigenvalue weighted by atomic mass is 10.2. The van der Waals surface area contributed by atoms with Gasteiger partial charge in [-0.3, -0.25) is 0 Å². The van der Waals surface area contributed by atoms with Crippen LogP contribution in [0.2, 0.25) is 0 Å². The second-order valence-corrected chi connectivity index (χ2v) is 7.56. The van der Waals surface area contributed by atoms with E-state index in [1.807, 2.05) is 60.7 Å². The molecule has 2 aromatic rings. The van der Waals surface area contributed by atoms with E-state index in [0.29, 0.717) is 13.2 Å². The summed E-state index contributed by atoms with van der Waals surface area (Å²) in [6.45, 7) is 0.799. The Kier molecular flexibility index (Phi) is 6.76. The van der Waals surface area contributed by atoms with E-state index in [1.165, 1.54) is 0 Å². The standard InChI is InChI=1S/C17H22O4Si/c1-20-12-13-21-22(16(18)14-8-4-2-5-9-14)17(19)15-10-6-3-7-11-15/h2-11,16-19,22H,12-13H2,1H3. The third-order valence-electron chi connectivity index (χ3n) is 3.50. The lowest BCUT2D eigenvalue weighted by Crippen LogP contribution is -2.36. The summed E-state index contributed by atoms with van der Waals surface area (Å²) < 4.78 is 10.8. The zero-order valence-electron chi connectivity index (χ0n) is 12.6. The summed E-state index contributed by atoms with van der Waals surface area (Å²) in [6.07, 6.45) is 0. The number of aliphatic hydroxyl groups is 2. The van der Waals surface area contributed by atoms with Gasteiger partial charge in [0.1, 0.15) is 0 Å². The van der Waals surface area contributed by atoms with E-state index >= 15 is 0 Å². The van der Waals surface area contributed by atoms with Gasteiger partial charge < -0.3 is 19.4 Å². The highest BCUT2D eigenvalue weighted by molar-refractivity contribution is 6.54. The van der Waals surface area contributed by atoms with Gasteiger partial charge in [0.15, 0.2) is 0 Å². The van der Waals surface area contributed by atoms with Crippen LogP contribution < -0.4 is 0 Å². The van der Waals surface area contributed by atoms with Gasteiger partial charge >= 0.3 is 0 Å². The largest absolute Gasteiger partial charge is 0.412 e. The van der Waals surface area contributed by atoms with Gasteiger partial charge in [-0.15, -0.1) is 0 Å². The Hall–Kier alpha value is -1.50. The van der Waals surface area contributed by atoms with Crippen molar-refractivity contribution in [1.82, 2.24) is 0 Å². The SMILES string of the molecule is COCCO[SiH](C(O)c1ccccc1)C(O)c1ccccc1. The first-order valence-corrected chi connectivity index (χ1v) is 9.11. The van der Waals surface area contributed by atoms with E-state index < -0.39 is 20.5 Å². The molecule has 4 nitrogen and oxygen atoms in total. The van der Waals surface area contributed by atoms with E-state index in [4.69, 9.17) is 9.16 Å². The molecule has 118 valence electrons. The summed E-state index contributed by atoms with van der Waals surface area (Å²) in [6, 6.07) is 18.7. The van der Waals surface area contributed by atoms with E-state index in [1.54, 1.807) is 7.11 Å². The fourth-order valence-corrected chi connectivity index (χ4v) is 4.58. The van der Waals surface area contributed by atoms with Gasteiger partial charge in [-0.05, 0) is 11.1 Å². The van der Waals surface area contributed by atoms with Gasteiger partial charge in [0.05, 0.1) is 24.7 Å². The molecule has 22 heavy (non-hydrogen) atoms. The quantitative estimate of drug-likeness (QED) is 0.577. The van der Waals surface area contributed by atoms with Gasteiger partial charge in [-0.1, -0.05) is 60.7 Å². The number of rotatable bonds is 8. The Labute approximate surface area is 132 Å². The molecule has 0 radical (unpaired) electrons. The summed E-state index contributed by atoms with van der Waals surface area (Å²) in [5.41, 5.74) is -0.0281. The average molecular weight is 318 g/mol. The van der Waals surface area contributed by atoms with Gasteiger partial charge in [-0.25, -0.2) is 0 Å². The van der Waals surface area contributed by atoms with Crippen molar-refractivity contribution in [1.29, 1.82) is 0 Å². The first kappa shape index (κ1) is 16.9. The van der Waals surface area contributed by atoms with Crippen LogP contribution in [0.4, 0.5) is 0 Å². The van der Waals surface area contributed by atoms with Crippen LogP contribution in [0.25, 0.3) is 0 Å². The summed E-state index contributed by atoms with van der Waals surface area (Å²) in [5.74, 6) is 0. The Morgan fingerprint density at radius 3 is 1.68 bits per heavy atom. The van der Waals surface area contributed by atoms with Crippen molar-refractivity contribution in [3.63, 3.8) is 0 Å². The van der Waals surface area contributed by atoms with E-state index in [2.05, 4.69) is 0 Å². The molecule has 0 fully saturated rings. The number of aliphatic hydroxyl groups excluding tert-OH is 2. The molecular weight excluding hydrogens is 296 g/mol. The van der Waals surface area contributed by atoms with Crippen molar-refractivity contribution in [2.45, 2.75) is 11.5 Å². The third-order valence-corrected chi connectivity index (χ3v) is 6.14. The normalized spacial score (nSPS) is 15.2. The number of benzene rings is 2. The molecule has 0 bridgehead atoms. The van der Waals surface area contributed by atoms with Crippen LogP contribution in [0.5, 0.6) is 0 Å². The molecule has 0 spiro atoms. The lowest BCUT2D eigenvalue weighted by Gasteiger charge is -2.26. The van der Waals surface area contributed by atoms with Gasteiger partial charge in [0, 0.05) is 7.11 Å². The van der Waals surface area contributed by atoms with Crippen LogP contribution in [0.1, 0.15) is 22.6 Å². The maximum Gasteiger partial charge on any atom is 0.242 e. The fraction of sp³-hybridized carbons (Fsp3) is 0.294. The maximum atomic E-state index is 10.6. The van der Waals surface area contributed by atoms with Gasteiger partial charge in [0.2, 0.25) is 9.04 Å². The number of ether oxygens (including phenoxy) is 1. The molecule has 2 unspecified atom stereocenters. The topological polar surface area (TPSA) is 58.9 Å². The van der Waals surface area contributed by atoms with Crippen molar-refractivity contribution in [2.75, 3.05) is 20.3 Å². The minimum atomic E-state index is -2.38. The van der Waals surface area contributed by atoms with E-state index in [9.17, 15) is 10.2 Å². The predicted octanol–water partition coefficient (Wildman–Crippen LogP) is 1.92. The minimum Gasteiger partial charge on any atom is -0.412 e. The maximum absolute atomic E-state index is 10.6. The second-order valence-electron chi connectivity index (χ2n) is 5.04. The van der Waals surface area contributed by atoms with Crippen LogP contribution in [-0.4, -0.2) is 39.6 Å². The summed E-state index contributed by atoms with van der Waals surface area (Å²) in [5, 5.41) is 21.3. The Morgan fingerprint density at radius 2 is 1.27 bits per heavy atom. The molecule has 0 aromatic heterocycles. The highest BCUT2D eigenvalue weighted by Crippen LogP contribution is 2.26. The average Bonchev–Trinajstić information content (AvgIpc) is 2.59. The zero-order valence-corrected chi connectivity index (χ0v) is 13.8. The highest BCUT2D eigenvalue weighted by atomic mass is 28.3. The van der Waals surface area contributed by atoms with Crippen LogP contribution >= 0.6 is 0 Å². The Bertz CT molecular complexity index is 489. The molecule has 2 atom stereocenters. The first-order chi connectivity index (χ1) is 10.7. The smallest absolute Gasteiger partial charge is 0.242 e. The zero-order chi connectivity index (χ0) is 15.8. The third kappa shape index (κ3) is 4.49. The molecule has 0 aliphatic heterocycles. The Balaban J connectivity index is 2.18. The predicted molar refractivity (Wildman–Crippen MR) is 87.8 cm³/mol.